The lowest BCUT2D eigenvalue weighted by Crippen LogP contribution is -1.93. The third kappa shape index (κ3) is 4.00. The first-order valence-corrected chi connectivity index (χ1v) is 7.73. The van der Waals surface area contributed by atoms with E-state index in [9.17, 15) is 0 Å². The highest BCUT2D eigenvalue weighted by Gasteiger charge is 2.15. The van der Waals surface area contributed by atoms with Gasteiger partial charge in [-0.25, -0.2) is 0 Å². The van der Waals surface area contributed by atoms with E-state index in [0.717, 1.165) is 35.4 Å². The van der Waals surface area contributed by atoms with Crippen LogP contribution in [-0.2, 0) is 6.42 Å². The van der Waals surface area contributed by atoms with Crippen molar-refractivity contribution in [2.24, 2.45) is 0 Å². The van der Waals surface area contributed by atoms with Crippen molar-refractivity contribution in [3.05, 3.63) is 30.0 Å². The fraction of sp³-hybridized carbons (Fsp3) is 0.471. The highest BCUT2D eigenvalue weighted by atomic mass is 16.5. The van der Waals surface area contributed by atoms with Crippen LogP contribution >= 0.6 is 0 Å². The summed E-state index contributed by atoms with van der Waals surface area (Å²) in [7, 11) is 0. The van der Waals surface area contributed by atoms with E-state index < -0.39 is 0 Å². The molecule has 2 rings (SSSR count). The average Bonchev–Trinajstić information content (AvgIpc) is 2.86. The van der Waals surface area contributed by atoms with Crippen molar-refractivity contribution in [3.63, 3.8) is 0 Å². The summed E-state index contributed by atoms with van der Waals surface area (Å²) in [5.41, 5.74) is 8.85. The van der Waals surface area contributed by atoms with Crippen molar-refractivity contribution < 1.29 is 9.26 Å². The van der Waals surface area contributed by atoms with Gasteiger partial charge >= 0.3 is 0 Å². The van der Waals surface area contributed by atoms with E-state index >= 15 is 0 Å². The Morgan fingerprint density at radius 2 is 1.86 bits per heavy atom. The van der Waals surface area contributed by atoms with Gasteiger partial charge in [0.15, 0.2) is 0 Å². The van der Waals surface area contributed by atoms with E-state index in [4.69, 9.17) is 15.0 Å². The fourth-order valence-corrected chi connectivity index (χ4v) is 2.42. The first-order valence-electron chi connectivity index (χ1n) is 7.73. The zero-order valence-electron chi connectivity index (χ0n) is 12.9. The van der Waals surface area contributed by atoms with Gasteiger partial charge in [0.05, 0.1) is 17.9 Å². The van der Waals surface area contributed by atoms with Gasteiger partial charge in [-0.2, -0.15) is 0 Å². The lowest BCUT2D eigenvalue weighted by molar-refractivity contribution is 0.340. The first-order chi connectivity index (χ1) is 10.3. The van der Waals surface area contributed by atoms with Crippen molar-refractivity contribution in [3.8, 4) is 16.9 Å². The third-order valence-electron chi connectivity index (χ3n) is 3.51. The monoisotopic (exact) mass is 288 g/mol. The summed E-state index contributed by atoms with van der Waals surface area (Å²) in [5.74, 6) is 1.26. The standard InChI is InChI=1S/C17H24N2O2/c1-3-5-6-7-8-15-16(17(18)21-19-15)13-9-11-14(12-10-13)20-4-2/h9-12H,3-8,18H2,1-2H3. The molecule has 4 heteroatoms. The summed E-state index contributed by atoms with van der Waals surface area (Å²) in [6.45, 7) is 4.84. The minimum Gasteiger partial charge on any atom is -0.494 e. The van der Waals surface area contributed by atoms with E-state index in [0.29, 0.717) is 12.5 Å². The number of hydrogen-bond donors (Lipinski definition) is 1. The number of nitrogen functional groups attached to an aromatic ring is 1. The SMILES string of the molecule is CCCCCCc1noc(N)c1-c1ccc(OCC)cc1. The van der Waals surface area contributed by atoms with Crippen LogP contribution in [0.3, 0.4) is 0 Å². The number of nitrogens with zero attached hydrogens (tertiary/aromatic N) is 1. The van der Waals surface area contributed by atoms with Gasteiger partial charge in [-0.05, 0) is 37.5 Å². The Hall–Kier alpha value is -1.97. The molecular formula is C17H24N2O2. The molecule has 0 aliphatic carbocycles. The molecule has 114 valence electrons. The molecule has 0 spiro atoms. The molecule has 1 heterocycles. The molecule has 0 saturated carbocycles. The molecule has 0 radical (unpaired) electrons. The molecule has 0 aliphatic rings. The lowest BCUT2D eigenvalue weighted by Gasteiger charge is -2.05. The minimum atomic E-state index is 0.393. The van der Waals surface area contributed by atoms with E-state index in [2.05, 4.69) is 12.1 Å². The number of hydrogen-bond acceptors (Lipinski definition) is 4. The van der Waals surface area contributed by atoms with Crippen LogP contribution in [0.15, 0.2) is 28.8 Å². The number of nitrogens with two attached hydrogens (primary N) is 1. The quantitative estimate of drug-likeness (QED) is 0.729. The maximum atomic E-state index is 5.94. The highest BCUT2D eigenvalue weighted by Crippen LogP contribution is 2.31. The number of anilines is 1. The third-order valence-corrected chi connectivity index (χ3v) is 3.51. The molecule has 21 heavy (non-hydrogen) atoms. The summed E-state index contributed by atoms with van der Waals surface area (Å²) in [6, 6.07) is 7.91. The molecule has 0 unspecified atom stereocenters. The summed E-state index contributed by atoms with van der Waals surface area (Å²) >= 11 is 0. The zero-order chi connectivity index (χ0) is 15.1. The van der Waals surface area contributed by atoms with Crippen LogP contribution in [0.5, 0.6) is 5.75 Å². The van der Waals surface area contributed by atoms with E-state index in [-0.39, 0.29) is 0 Å². The molecule has 2 N–H and O–H groups in total. The molecule has 0 bridgehead atoms. The fourth-order valence-electron chi connectivity index (χ4n) is 2.42. The van der Waals surface area contributed by atoms with E-state index in [1.54, 1.807) is 0 Å². The van der Waals surface area contributed by atoms with Gasteiger partial charge in [0.2, 0.25) is 5.88 Å². The lowest BCUT2D eigenvalue weighted by atomic mass is 10.0. The van der Waals surface area contributed by atoms with E-state index in [1.807, 2.05) is 31.2 Å². The van der Waals surface area contributed by atoms with Crippen molar-refractivity contribution >= 4 is 5.88 Å². The van der Waals surface area contributed by atoms with Gasteiger partial charge in [0.25, 0.3) is 0 Å². The summed E-state index contributed by atoms with van der Waals surface area (Å²) in [5, 5.41) is 4.12. The number of aromatic nitrogens is 1. The molecular weight excluding hydrogens is 264 g/mol. The Morgan fingerprint density at radius 3 is 2.52 bits per heavy atom. The minimum absolute atomic E-state index is 0.393. The molecule has 0 fully saturated rings. The number of unbranched alkanes of at least 4 members (excludes halogenated alkanes) is 3. The number of aryl methyl sites for hydroxylation is 1. The summed E-state index contributed by atoms with van der Waals surface area (Å²) < 4.78 is 10.6. The maximum Gasteiger partial charge on any atom is 0.230 e. The van der Waals surface area contributed by atoms with Crippen molar-refractivity contribution in [1.82, 2.24) is 5.16 Å². The van der Waals surface area contributed by atoms with Crippen LogP contribution in [0.25, 0.3) is 11.1 Å². The van der Waals surface area contributed by atoms with Gasteiger partial charge in [0.1, 0.15) is 5.75 Å². The van der Waals surface area contributed by atoms with Gasteiger partial charge in [0, 0.05) is 0 Å². The zero-order valence-corrected chi connectivity index (χ0v) is 12.9. The van der Waals surface area contributed by atoms with Crippen molar-refractivity contribution in [1.29, 1.82) is 0 Å². The molecule has 2 aromatic rings. The Kier molecular flexibility index (Phi) is 5.67. The van der Waals surface area contributed by atoms with Crippen LogP contribution in [0.1, 0.15) is 45.2 Å². The summed E-state index contributed by atoms with van der Waals surface area (Å²) in [4.78, 5) is 0. The van der Waals surface area contributed by atoms with Gasteiger partial charge in [-0.3, -0.25) is 0 Å². The number of rotatable bonds is 8. The number of benzene rings is 1. The smallest absolute Gasteiger partial charge is 0.230 e. The topological polar surface area (TPSA) is 61.3 Å². The molecule has 1 aromatic carbocycles. The average molecular weight is 288 g/mol. The highest BCUT2D eigenvalue weighted by molar-refractivity contribution is 5.75. The second kappa shape index (κ2) is 7.72. The molecule has 0 atom stereocenters. The van der Waals surface area contributed by atoms with Gasteiger partial charge in [-0.1, -0.05) is 43.5 Å². The molecule has 0 amide bonds. The van der Waals surface area contributed by atoms with Gasteiger partial charge in [-0.15, -0.1) is 0 Å². The van der Waals surface area contributed by atoms with Gasteiger partial charge < -0.3 is 15.0 Å². The molecule has 0 aliphatic heterocycles. The molecule has 0 saturated heterocycles. The first kappa shape index (κ1) is 15.4. The maximum absolute atomic E-state index is 5.94. The Morgan fingerprint density at radius 1 is 1.10 bits per heavy atom. The Balaban J connectivity index is 2.12. The Labute approximate surface area is 126 Å². The largest absolute Gasteiger partial charge is 0.494 e. The number of ether oxygens (including phenoxy) is 1. The molecule has 4 nitrogen and oxygen atoms in total. The van der Waals surface area contributed by atoms with Crippen molar-refractivity contribution in [2.75, 3.05) is 12.3 Å². The normalized spacial score (nSPS) is 10.8. The van der Waals surface area contributed by atoms with Crippen LogP contribution in [0.2, 0.25) is 0 Å². The van der Waals surface area contributed by atoms with Crippen molar-refractivity contribution in [2.45, 2.75) is 46.0 Å². The van der Waals surface area contributed by atoms with Crippen LogP contribution in [-0.4, -0.2) is 11.8 Å². The summed E-state index contributed by atoms with van der Waals surface area (Å²) in [6.07, 6.45) is 5.72. The predicted molar refractivity (Wildman–Crippen MR) is 85.4 cm³/mol. The second-order valence-electron chi connectivity index (χ2n) is 5.14. The van der Waals surface area contributed by atoms with Crippen LogP contribution < -0.4 is 10.5 Å². The van der Waals surface area contributed by atoms with Crippen LogP contribution in [0, 0.1) is 0 Å². The molecule has 1 aromatic heterocycles. The van der Waals surface area contributed by atoms with Crippen LogP contribution in [0.4, 0.5) is 5.88 Å². The second-order valence-corrected chi connectivity index (χ2v) is 5.14. The Bertz CT molecular complexity index is 546. The van der Waals surface area contributed by atoms with E-state index in [1.165, 1.54) is 19.3 Å². The predicted octanol–water partition coefficient (Wildman–Crippen LogP) is 4.45.